The molecular formula is C70H86N2. The van der Waals surface area contributed by atoms with E-state index in [1.807, 2.05) is 0 Å². The Bertz CT molecular complexity index is 2930. The van der Waals surface area contributed by atoms with Crippen molar-refractivity contribution < 1.29 is 0 Å². The molecule has 0 heterocycles. The minimum absolute atomic E-state index is 0.0454. The van der Waals surface area contributed by atoms with Crippen LogP contribution in [0.4, 0.5) is 34.1 Å². The van der Waals surface area contributed by atoms with Gasteiger partial charge in [-0.25, -0.2) is 0 Å². The smallest absolute Gasteiger partial charge is 0.0546 e. The lowest BCUT2D eigenvalue weighted by Gasteiger charge is -2.33. The van der Waals surface area contributed by atoms with Crippen molar-refractivity contribution in [2.45, 2.75) is 184 Å². The van der Waals surface area contributed by atoms with E-state index < -0.39 is 0 Å². The van der Waals surface area contributed by atoms with Crippen molar-refractivity contribution in [3.05, 3.63) is 178 Å². The van der Waals surface area contributed by atoms with Gasteiger partial charge in [-0.2, -0.15) is 0 Å². The molecule has 0 aliphatic heterocycles. The predicted octanol–water partition coefficient (Wildman–Crippen LogP) is 21.8. The number of fused-ring (bicyclic) bond motifs is 5. The highest BCUT2D eigenvalue weighted by Gasteiger charge is 2.29. The minimum atomic E-state index is -0.0454. The van der Waals surface area contributed by atoms with E-state index in [9.17, 15) is 0 Å². The molecule has 8 aromatic rings. The van der Waals surface area contributed by atoms with Crippen LogP contribution in [-0.2, 0) is 21.7 Å². The Morgan fingerprint density at radius 3 is 0.694 bits per heavy atom. The van der Waals surface area contributed by atoms with Gasteiger partial charge < -0.3 is 9.80 Å². The monoisotopic (exact) mass is 955 g/mol. The summed E-state index contributed by atoms with van der Waals surface area (Å²) in [4.78, 5) is 5.21. The fourth-order valence-electron chi connectivity index (χ4n) is 10.3. The molecular weight excluding hydrogens is 869 g/mol. The van der Waals surface area contributed by atoms with Crippen LogP contribution in [0.3, 0.4) is 0 Å². The van der Waals surface area contributed by atoms with Crippen molar-refractivity contribution in [3.63, 3.8) is 0 Å². The molecule has 8 aromatic carbocycles. The van der Waals surface area contributed by atoms with Gasteiger partial charge in [0.1, 0.15) is 0 Å². The molecule has 0 amide bonds. The second kappa shape index (κ2) is 19.2. The fraction of sp³-hybridized carbons (Fsp3) is 0.400. The van der Waals surface area contributed by atoms with Crippen LogP contribution in [0.25, 0.3) is 32.3 Å². The Hall–Kier alpha value is -5.86. The average molecular weight is 955 g/mol. The Balaban J connectivity index is 1.55. The summed E-state index contributed by atoms with van der Waals surface area (Å²) < 4.78 is 0. The molecule has 2 nitrogen and oxygen atoms in total. The standard InChI is InChI=1S/C70H86N2/c1-43(2)47-29-51(67(9,10)11)37-55(33-47)71(56-34-48(44(3)4)30-52(38-56)68(12,13)14)65-41-63-60-26-22-24-28-62(60)66(42-64(63)59-25-21-23-27-61(59)65)72(57-35-49(45(5)6)31-53(39-57)69(15,16)17)58-36-50(46(7)8)32-54(40-58)70(18,19)20/h21-46H,1-20H3. The molecule has 0 N–H and O–H groups in total. The Kier molecular flexibility index (Phi) is 14.0. The van der Waals surface area contributed by atoms with Gasteiger partial charge in [-0.05, 0) is 172 Å². The summed E-state index contributed by atoms with van der Waals surface area (Å²) in [5, 5.41) is 7.44. The third-order valence-corrected chi connectivity index (χ3v) is 15.2. The summed E-state index contributed by atoms with van der Waals surface area (Å²) in [6.45, 7) is 46.8. The van der Waals surface area contributed by atoms with Gasteiger partial charge in [0.25, 0.3) is 0 Å². The maximum absolute atomic E-state index is 2.61. The Morgan fingerprint density at radius 2 is 0.486 bits per heavy atom. The highest BCUT2D eigenvalue weighted by Crippen LogP contribution is 2.50. The van der Waals surface area contributed by atoms with E-state index in [1.165, 1.54) is 111 Å². The highest BCUT2D eigenvalue weighted by atomic mass is 15.2. The van der Waals surface area contributed by atoms with Gasteiger partial charge in [0.05, 0.1) is 11.4 Å². The quantitative estimate of drug-likeness (QED) is 0.126. The normalized spacial score (nSPS) is 12.9. The molecule has 0 bridgehead atoms. The minimum Gasteiger partial charge on any atom is -0.310 e. The van der Waals surface area contributed by atoms with Crippen LogP contribution in [0.2, 0.25) is 0 Å². The van der Waals surface area contributed by atoms with Gasteiger partial charge in [0.2, 0.25) is 0 Å². The van der Waals surface area contributed by atoms with Crippen LogP contribution in [0.1, 0.15) is 207 Å². The predicted molar refractivity (Wildman–Crippen MR) is 319 cm³/mol. The Morgan fingerprint density at radius 1 is 0.264 bits per heavy atom. The third kappa shape index (κ3) is 10.5. The van der Waals surface area contributed by atoms with Gasteiger partial charge in [0.15, 0.2) is 0 Å². The van der Waals surface area contributed by atoms with Crippen molar-refractivity contribution in [2.75, 3.05) is 9.80 Å². The number of benzene rings is 8. The van der Waals surface area contributed by atoms with Gasteiger partial charge in [0, 0.05) is 33.5 Å². The summed E-state index contributed by atoms with van der Waals surface area (Å²) >= 11 is 0. The lowest BCUT2D eigenvalue weighted by molar-refractivity contribution is 0.587. The first-order chi connectivity index (χ1) is 33.5. The molecule has 0 saturated carbocycles. The molecule has 72 heavy (non-hydrogen) atoms. The van der Waals surface area contributed by atoms with Crippen molar-refractivity contribution in [1.82, 2.24) is 0 Å². The number of hydrogen-bond acceptors (Lipinski definition) is 2. The van der Waals surface area contributed by atoms with Crippen molar-refractivity contribution in [1.29, 1.82) is 0 Å². The molecule has 0 aromatic heterocycles. The SMILES string of the molecule is CC(C)c1cc(N(c2cc(C(C)C)cc(C(C)(C)C)c2)c2cc3c4ccccc4c(N(c4cc(C(C)C)cc(C(C)(C)C)c4)c4cc(C(C)C)cc(C(C)(C)C)c4)cc3c3ccccc23)cc(C(C)(C)C)c1. The van der Waals surface area contributed by atoms with Crippen LogP contribution < -0.4 is 9.80 Å². The van der Waals surface area contributed by atoms with Crippen molar-refractivity contribution in [3.8, 4) is 0 Å². The van der Waals surface area contributed by atoms with E-state index in [4.69, 9.17) is 0 Å². The summed E-state index contributed by atoms with van der Waals surface area (Å²) in [6.07, 6.45) is 0. The lowest BCUT2D eigenvalue weighted by Crippen LogP contribution is -2.18. The van der Waals surface area contributed by atoms with E-state index in [2.05, 4.69) is 282 Å². The maximum atomic E-state index is 2.61. The zero-order valence-electron chi connectivity index (χ0n) is 47.9. The van der Waals surface area contributed by atoms with E-state index in [0.29, 0.717) is 23.7 Å². The largest absolute Gasteiger partial charge is 0.310 e. The molecule has 0 aliphatic rings. The van der Waals surface area contributed by atoms with Gasteiger partial charge in [-0.1, -0.05) is 211 Å². The first kappa shape index (κ1) is 52.5. The average Bonchev–Trinajstić information content (AvgIpc) is 3.30. The zero-order valence-corrected chi connectivity index (χ0v) is 47.9. The molecule has 8 rings (SSSR count). The zero-order chi connectivity index (χ0) is 52.6. The van der Waals surface area contributed by atoms with Gasteiger partial charge in [-0.15, -0.1) is 0 Å². The molecule has 0 spiro atoms. The molecule has 0 atom stereocenters. The van der Waals surface area contributed by atoms with Crippen LogP contribution in [0.15, 0.2) is 133 Å². The highest BCUT2D eigenvalue weighted by molar-refractivity contribution is 6.24. The van der Waals surface area contributed by atoms with Crippen LogP contribution in [0.5, 0.6) is 0 Å². The second-order valence-corrected chi connectivity index (χ2v) is 26.5. The number of hydrogen-bond donors (Lipinski definition) is 0. The summed E-state index contributed by atoms with van der Waals surface area (Å²) in [5.41, 5.74) is 17.8. The van der Waals surface area contributed by atoms with E-state index in [1.54, 1.807) is 0 Å². The van der Waals surface area contributed by atoms with Gasteiger partial charge >= 0.3 is 0 Å². The van der Waals surface area contributed by atoms with Crippen molar-refractivity contribution >= 4 is 66.4 Å². The summed E-state index contributed by atoms with van der Waals surface area (Å²) in [7, 11) is 0. The van der Waals surface area contributed by atoms with Gasteiger partial charge in [-0.3, -0.25) is 0 Å². The van der Waals surface area contributed by atoms with E-state index >= 15 is 0 Å². The first-order valence-corrected chi connectivity index (χ1v) is 27.1. The molecule has 0 radical (unpaired) electrons. The van der Waals surface area contributed by atoms with Crippen LogP contribution in [-0.4, -0.2) is 0 Å². The fourth-order valence-corrected chi connectivity index (χ4v) is 10.3. The van der Waals surface area contributed by atoms with E-state index in [-0.39, 0.29) is 21.7 Å². The molecule has 376 valence electrons. The number of anilines is 6. The lowest BCUT2D eigenvalue weighted by atomic mass is 9.83. The second-order valence-electron chi connectivity index (χ2n) is 26.5. The molecule has 0 unspecified atom stereocenters. The topological polar surface area (TPSA) is 6.48 Å². The number of nitrogens with zero attached hydrogens (tertiary/aromatic N) is 2. The number of rotatable bonds is 10. The molecule has 2 heteroatoms. The van der Waals surface area contributed by atoms with Crippen LogP contribution in [0, 0.1) is 0 Å². The molecule has 0 aliphatic carbocycles. The van der Waals surface area contributed by atoms with Crippen LogP contribution >= 0.6 is 0 Å². The van der Waals surface area contributed by atoms with E-state index in [0.717, 1.165) is 0 Å². The summed E-state index contributed by atoms with van der Waals surface area (Å²) in [5.74, 6) is 1.44. The maximum Gasteiger partial charge on any atom is 0.0546 e. The first-order valence-electron chi connectivity index (χ1n) is 27.1. The Labute approximate surface area is 435 Å². The molecule has 0 saturated heterocycles. The molecule has 0 fully saturated rings. The van der Waals surface area contributed by atoms with Crippen molar-refractivity contribution in [2.24, 2.45) is 0 Å². The third-order valence-electron chi connectivity index (χ3n) is 15.2. The summed E-state index contributed by atoms with van der Waals surface area (Å²) in [6, 6.07) is 53.0.